The Morgan fingerprint density at radius 2 is 2.40 bits per heavy atom. The van der Waals surface area contributed by atoms with Crippen molar-refractivity contribution < 1.29 is 0 Å². The van der Waals surface area contributed by atoms with Crippen molar-refractivity contribution in [2.24, 2.45) is 0 Å². The fraction of sp³-hybridized carbons (Fsp3) is 0.125. The summed E-state index contributed by atoms with van der Waals surface area (Å²) >= 11 is 0. The van der Waals surface area contributed by atoms with E-state index in [2.05, 4.69) is 11.6 Å². The van der Waals surface area contributed by atoms with Gasteiger partial charge in [0.2, 0.25) is 0 Å². The lowest BCUT2D eigenvalue weighted by molar-refractivity contribution is 1.13. The van der Waals surface area contributed by atoms with Crippen LogP contribution in [0.4, 0.5) is 5.82 Å². The van der Waals surface area contributed by atoms with Crippen LogP contribution in [0.3, 0.4) is 0 Å². The molecule has 0 radical (unpaired) electrons. The van der Waals surface area contributed by atoms with Crippen LogP contribution in [0.5, 0.6) is 0 Å². The van der Waals surface area contributed by atoms with Gasteiger partial charge < -0.3 is 4.90 Å². The fourth-order valence-corrected chi connectivity index (χ4v) is 0.656. The largest absolute Gasteiger partial charge is 0.337 e. The molecule has 1 aromatic heterocycles. The highest BCUT2D eigenvalue weighted by molar-refractivity contribution is 5.39. The van der Waals surface area contributed by atoms with Crippen molar-refractivity contribution >= 4 is 5.82 Å². The number of anilines is 1. The summed E-state index contributed by atoms with van der Waals surface area (Å²) in [4.78, 5) is 5.97. The lowest BCUT2D eigenvalue weighted by Crippen LogP contribution is -2.07. The predicted octanol–water partition coefficient (Wildman–Crippen LogP) is 1.66. The third kappa shape index (κ3) is 1.35. The first-order chi connectivity index (χ1) is 4.84. The Kier molecular flexibility index (Phi) is 2.05. The van der Waals surface area contributed by atoms with Crippen LogP contribution in [0, 0.1) is 0 Å². The molecule has 0 saturated heterocycles. The van der Waals surface area contributed by atoms with Crippen LogP contribution >= 0.6 is 0 Å². The minimum Gasteiger partial charge on any atom is -0.337 e. The minimum absolute atomic E-state index is 0.914. The van der Waals surface area contributed by atoms with Gasteiger partial charge in [-0.25, -0.2) is 4.98 Å². The zero-order valence-electron chi connectivity index (χ0n) is 5.99. The number of aromatic nitrogens is 1. The molecule has 0 atom stereocenters. The maximum absolute atomic E-state index is 4.10. The predicted molar refractivity (Wildman–Crippen MR) is 42.8 cm³/mol. The van der Waals surface area contributed by atoms with E-state index in [0.29, 0.717) is 0 Å². The monoisotopic (exact) mass is 134 g/mol. The van der Waals surface area contributed by atoms with Crippen molar-refractivity contribution in [2.75, 3.05) is 11.9 Å². The number of hydrogen-bond acceptors (Lipinski definition) is 2. The van der Waals surface area contributed by atoms with Gasteiger partial charge in [0.15, 0.2) is 0 Å². The van der Waals surface area contributed by atoms with Crippen molar-refractivity contribution in [2.45, 2.75) is 0 Å². The summed E-state index contributed by atoms with van der Waals surface area (Å²) < 4.78 is 0. The normalized spacial score (nSPS) is 8.90. The molecule has 0 spiro atoms. The topological polar surface area (TPSA) is 16.1 Å². The Morgan fingerprint density at radius 3 is 2.90 bits per heavy atom. The van der Waals surface area contributed by atoms with E-state index >= 15 is 0 Å². The molecular weight excluding hydrogens is 124 g/mol. The first kappa shape index (κ1) is 6.81. The molecule has 0 aliphatic heterocycles. The van der Waals surface area contributed by atoms with Crippen LogP contribution in [0.1, 0.15) is 0 Å². The Balaban J connectivity index is 2.84. The zero-order chi connectivity index (χ0) is 7.40. The summed E-state index contributed by atoms with van der Waals surface area (Å²) in [6, 6.07) is 5.77. The molecule has 52 valence electrons. The van der Waals surface area contributed by atoms with E-state index in [0.717, 1.165) is 5.82 Å². The summed E-state index contributed by atoms with van der Waals surface area (Å²) in [6.45, 7) is 3.62. The molecule has 2 nitrogen and oxygen atoms in total. The third-order valence-corrected chi connectivity index (χ3v) is 1.28. The lowest BCUT2D eigenvalue weighted by atomic mass is 10.4. The molecule has 2 heteroatoms. The van der Waals surface area contributed by atoms with Gasteiger partial charge in [-0.15, -0.1) is 0 Å². The molecule has 0 N–H and O–H groups in total. The lowest BCUT2D eigenvalue weighted by Gasteiger charge is -2.10. The molecule has 10 heavy (non-hydrogen) atoms. The zero-order valence-corrected chi connectivity index (χ0v) is 5.99. The molecule has 0 amide bonds. The number of nitrogens with zero attached hydrogens (tertiary/aromatic N) is 2. The quantitative estimate of drug-likeness (QED) is 0.611. The Bertz CT molecular complexity index is 206. The van der Waals surface area contributed by atoms with Gasteiger partial charge >= 0.3 is 0 Å². The minimum atomic E-state index is 0.914. The van der Waals surface area contributed by atoms with Gasteiger partial charge in [-0.3, -0.25) is 0 Å². The summed E-state index contributed by atoms with van der Waals surface area (Å²) in [6.07, 6.45) is 3.48. The van der Waals surface area contributed by atoms with Crippen LogP contribution in [-0.4, -0.2) is 12.0 Å². The van der Waals surface area contributed by atoms with Gasteiger partial charge in [0, 0.05) is 13.2 Å². The molecule has 1 rings (SSSR count). The van der Waals surface area contributed by atoms with E-state index in [1.165, 1.54) is 0 Å². The van der Waals surface area contributed by atoms with Gasteiger partial charge in [-0.2, -0.15) is 0 Å². The van der Waals surface area contributed by atoms with Crippen LogP contribution in [-0.2, 0) is 0 Å². The average molecular weight is 134 g/mol. The van der Waals surface area contributed by atoms with Gasteiger partial charge in [0.1, 0.15) is 5.82 Å². The molecule has 0 fully saturated rings. The standard InChI is InChI=1S/C8H10N2/c1-3-10(2)8-6-4-5-7-9-8/h3-7H,1H2,2H3. The van der Waals surface area contributed by atoms with E-state index in [1.54, 1.807) is 12.4 Å². The van der Waals surface area contributed by atoms with Gasteiger partial charge in [0.05, 0.1) is 0 Å². The van der Waals surface area contributed by atoms with Crippen molar-refractivity contribution in [3.8, 4) is 0 Å². The highest BCUT2D eigenvalue weighted by Crippen LogP contribution is 2.05. The van der Waals surface area contributed by atoms with Crippen LogP contribution in [0.25, 0.3) is 0 Å². The van der Waals surface area contributed by atoms with Crippen LogP contribution in [0.2, 0.25) is 0 Å². The SMILES string of the molecule is C=CN(C)c1ccccn1. The van der Waals surface area contributed by atoms with E-state index in [9.17, 15) is 0 Å². The molecule has 0 aromatic carbocycles. The van der Waals surface area contributed by atoms with E-state index in [-0.39, 0.29) is 0 Å². The third-order valence-electron chi connectivity index (χ3n) is 1.28. The summed E-state index contributed by atoms with van der Waals surface area (Å²) in [5, 5.41) is 0. The Morgan fingerprint density at radius 1 is 1.60 bits per heavy atom. The Hall–Kier alpha value is -1.31. The van der Waals surface area contributed by atoms with Gasteiger partial charge in [0.25, 0.3) is 0 Å². The van der Waals surface area contributed by atoms with Crippen molar-refractivity contribution in [3.63, 3.8) is 0 Å². The van der Waals surface area contributed by atoms with Crippen molar-refractivity contribution in [3.05, 3.63) is 37.2 Å². The first-order valence-electron chi connectivity index (χ1n) is 3.11. The summed E-state index contributed by atoms with van der Waals surface area (Å²) in [5.41, 5.74) is 0. The molecule has 0 bridgehead atoms. The summed E-state index contributed by atoms with van der Waals surface area (Å²) in [7, 11) is 1.91. The Labute approximate surface area is 60.8 Å². The van der Waals surface area contributed by atoms with Gasteiger partial charge in [-0.05, 0) is 18.3 Å². The second-order valence-electron chi connectivity index (χ2n) is 1.98. The number of hydrogen-bond donors (Lipinski definition) is 0. The molecule has 0 saturated carbocycles. The number of rotatable bonds is 2. The van der Waals surface area contributed by atoms with E-state index in [4.69, 9.17) is 0 Å². The highest BCUT2D eigenvalue weighted by atomic mass is 15.1. The highest BCUT2D eigenvalue weighted by Gasteiger charge is 1.92. The van der Waals surface area contributed by atoms with Crippen molar-refractivity contribution in [1.82, 2.24) is 4.98 Å². The molecule has 0 aliphatic carbocycles. The smallest absolute Gasteiger partial charge is 0.132 e. The molecule has 1 aromatic rings. The summed E-state index contributed by atoms with van der Waals surface area (Å²) in [5.74, 6) is 0.914. The van der Waals surface area contributed by atoms with Gasteiger partial charge in [-0.1, -0.05) is 12.6 Å². The van der Waals surface area contributed by atoms with E-state index in [1.807, 2.05) is 30.1 Å². The van der Waals surface area contributed by atoms with Crippen LogP contribution < -0.4 is 4.90 Å². The molecule has 1 heterocycles. The molecular formula is C8H10N2. The number of pyridine rings is 1. The van der Waals surface area contributed by atoms with Crippen molar-refractivity contribution in [1.29, 1.82) is 0 Å². The maximum atomic E-state index is 4.10. The molecule has 0 aliphatic rings. The molecule has 0 unspecified atom stereocenters. The first-order valence-corrected chi connectivity index (χ1v) is 3.11. The van der Waals surface area contributed by atoms with E-state index < -0.39 is 0 Å². The van der Waals surface area contributed by atoms with Crippen LogP contribution in [0.15, 0.2) is 37.2 Å². The fourth-order valence-electron chi connectivity index (χ4n) is 0.656. The average Bonchev–Trinajstić information content (AvgIpc) is 2.05. The maximum Gasteiger partial charge on any atom is 0.132 e. The second kappa shape index (κ2) is 3.01. The second-order valence-corrected chi connectivity index (χ2v) is 1.98.